The normalized spacial score (nSPS) is 11.3. The summed E-state index contributed by atoms with van der Waals surface area (Å²) in [6.07, 6.45) is 5.41. The lowest BCUT2D eigenvalue weighted by Crippen LogP contribution is -2.39. The Morgan fingerprint density at radius 3 is 2.77 bits per heavy atom. The van der Waals surface area contributed by atoms with E-state index in [1.807, 2.05) is 12.1 Å². The van der Waals surface area contributed by atoms with Crippen LogP contribution in [0.25, 0.3) is 0 Å². The highest BCUT2D eigenvalue weighted by Crippen LogP contribution is 1.99. The monoisotopic (exact) mass is 326 g/mol. The van der Waals surface area contributed by atoms with Crippen molar-refractivity contribution in [1.82, 2.24) is 16.0 Å². The van der Waals surface area contributed by atoms with Crippen LogP contribution in [0.5, 0.6) is 0 Å². The maximum atomic E-state index is 10.8. The predicted octanol–water partition coefficient (Wildman–Crippen LogP) is 1.25. The number of nitrogens with zero attached hydrogens (tertiary/aromatic N) is 1. The number of carbonyl (C=O) groups is 1. The van der Waals surface area contributed by atoms with Gasteiger partial charge in [0.2, 0.25) is 5.91 Å². The van der Waals surface area contributed by atoms with Crippen LogP contribution < -0.4 is 16.0 Å². The lowest BCUT2D eigenvalue weighted by atomic mass is 10.3. The fourth-order valence-electron chi connectivity index (χ4n) is 1.74. The Bertz CT molecular complexity index is 435. The summed E-state index contributed by atoms with van der Waals surface area (Å²) in [6, 6.07) is 3.86. The SMILES string of the molecule is CSCCNC(=NCCCNC(C)=O)NCCc1ccco1. The van der Waals surface area contributed by atoms with Gasteiger partial charge in [0.1, 0.15) is 5.76 Å². The standard InChI is InChI=1S/C15H26N4O2S/c1-13(20)16-7-4-8-17-15(19-10-12-22-2)18-9-6-14-5-3-11-21-14/h3,5,11H,4,6-10,12H2,1-2H3,(H,16,20)(H2,17,18,19). The maximum Gasteiger partial charge on any atom is 0.216 e. The Labute approximate surface area is 136 Å². The molecule has 0 unspecified atom stereocenters. The van der Waals surface area contributed by atoms with Crippen LogP contribution in [0.15, 0.2) is 27.8 Å². The molecule has 1 rings (SSSR count). The van der Waals surface area contributed by atoms with Gasteiger partial charge < -0.3 is 20.4 Å². The third kappa shape index (κ3) is 9.33. The van der Waals surface area contributed by atoms with Gasteiger partial charge in [0, 0.05) is 45.3 Å². The smallest absolute Gasteiger partial charge is 0.216 e. The molecule has 0 aromatic carbocycles. The highest BCUT2D eigenvalue weighted by molar-refractivity contribution is 7.98. The Balaban J connectivity index is 2.28. The summed E-state index contributed by atoms with van der Waals surface area (Å²) in [7, 11) is 0. The third-order valence-corrected chi connectivity index (χ3v) is 3.43. The summed E-state index contributed by atoms with van der Waals surface area (Å²) < 4.78 is 5.31. The van der Waals surface area contributed by atoms with Crippen molar-refractivity contribution in [3.05, 3.63) is 24.2 Å². The summed E-state index contributed by atoms with van der Waals surface area (Å²) in [5.74, 6) is 2.80. The summed E-state index contributed by atoms with van der Waals surface area (Å²) in [5.41, 5.74) is 0. The molecule has 7 heteroatoms. The molecule has 0 radical (unpaired) electrons. The minimum absolute atomic E-state index is 0.00104. The van der Waals surface area contributed by atoms with Gasteiger partial charge in [0.05, 0.1) is 6.26 Å². The minimum atomic E-state index is -0.00104. The van der Waals surface area contributed by atoms with Crippen LogP contribution in [0.3, 0.4) is 0 Å². The molecule has 0 aliphatic heterocycles. The highest BCUT2D eigenvalue weighted by atomic mass is 32.2. The van der Waals surface area contributed by atoms with E-state index < -0.39 is 0 Å². The quantitative estimate of drug-likeness (QED) is 0.343. The molecule has 0 aliphatic carbocycles. The van der Waals surface area contributed by atoms with Crippen molar-refractivity contribution < 1.29 is 9.21 Å². The number of hydrogen-bond acceptors (Lipinski definition) is 4. The molecule has 0 saturated heterocycles. The maximum absolute atomic E-state index is 10.8. The topological polar surface area (TPSA) is 78.7 Å². The minimum Gasteiger partial charge on any atom is -0.469 e. The number of rotatable bonds is 10. The molecular weight excluding hydrogens is 300 g/mol. The number of nitrogens with one attached hydrogen (secondary N) is 3. The van der Waals surface area contributed by atoms with Crippen LogP contribution in [0, 0.1) is 0 Å². The van der Waals surface area contributed by atoms with Crippen LogP contribution >= 0.6 is 11.8 Å². The highest BCUT2D eigenvalue weighted by Gasteiger charge is 2.00. The summed E-state index contributed by atoms with van der Waals surface area (Å²) in [4.78, 5) is 15.3. The van der Waals surface area contributed by atoms with E-state index in [1.54, 1.807) is 18.0 Å². The van der Waals surface area contributed by atoms with E-state index in [4.69, 9.17) is 4.42 Å². The van der Waals surface area contributed by atoms with E-state index >= 15 is 0 Å². The second kappa shape index (κ2) is 12.0. The van der Waals surface area contributed by atoms with Gasteiger partial charge in [-0.3, -0.25) is 9.79 Å². The van der Waals surface area contributed by atoms with E-state index in [0.717, 1.165) is 43.4 Å². The zero-order chi connectivity index (χ0) is 16.0. The van der Waals surface area contributed by atoms with Crippen LogP contribution in [0.4, 0.5) is 0 Å². The molecule has 0 bridgehead atoms. The number of carbonyl (C=O) groups excluding carboxylic acids is 1. The van der Waals surface area contributed by atoms with Gasteiger partial charge in [-0.2, -0.15) is 11.8 Å². The lowest BCUT2D eigenvalue weighted by molar-refractivity contribution is -0.118. The summed E-state index contributed by atoms with van der Waals surface area (Å²) in [5, 5.41) is 9.37. The van der Waals surface area contributed by atoms with Gasteiger partial charge in [0.15, 0.2) is 5.96 Å². The van der Waals surface area contributed by atoms with Crippen LogP contribution in [-0.2, 0) is 11.2 Å². The average Bonchev–Trinajstić information content (AvgIpc) is 2.99. The van der Waals surface area contributed by atoms with Crippen LogP contribution in [0.1, 0.15) is 19.1 Å². The number of amides is 1. The Morgan fingerprint density at radius 2 is 2.09 bits per heavy atom. The van der Waals surface area contributed by atoms with Crippen molar-refractivity contribution in [2.24, 2.45) is 4.99 Å². The number of furan rings is 1. The molecular formula is C15H26N4O2S. The predicted molar refractivity (Wildman–Crippen MR) is 92.4 cm³/mol. The fraction of sp³-hybridized carbons (Fsp3) is 0.600. The van der Waals surface area contributed by atoms with Crippen LogP contribution in [-0.4, -0.2) is 50.1 Å². The molecule has 0 spiro atoms. The van der Waals surface area contributed by atoms with Crippen LogP contribution in [0.2, 0.25) is 0 Å². The van der Waals surface area contributed by atoms with Crippen molar-refractivity contribution in [2.45, 2.75) is 19.8 Å². The Hall–Kier alpha value is -1.63. The number of thioether (sulfide) groups is 1. The van der Waals surface area contributed by atoms with Gasteiger partial charge in [0.25, 0.3) is 0 Å². The van der Waals surface area contributed by atoms with E-state index in [1.165, 1.54) is 6.92 Å². The summed E-state index contributed by atoms with van der Waals surface area (Å²) >= 11 is 1.79. The molecule has 0 atom stereocenters. The molecule has 1 aromatic rings. The molecule has 3 N–H and O–H groups in total. The van der Waals surface area contributed by atoms with Gasteiger partial charge in [-0.25, -0.2) is 0 Å². The van der Waals surface area contributed by atoms with Crippen molar-refractivity contribution in [3.8, 4) is 0 Å². The molecule has 0 fully saturated rings. The molecule has 1 amide bonds. The van der Waals surface area contributed by atoms with Crippen molar-refractivity contribution in [2.75, 3.05) is 38.2 Å². The van der Waals surface area contributed by atoms with Gasteiger partial charge in [-0.1, -0.05) is 0 Å². The molecule has 6 nitrogen and oxygen atoms in total. The molecule has 0 saturated carbocycles. The Morgan fingerprint density at radius 1 is 1.27 bits per heavy atom. The average molecular weight is 326 g/mol. The van der Waals surface area contributed by atoms with Crippen molar-refractivity contribution in [3.63, 3.8) is 0 Å². The van der Waals surface area contributed by atoms with E-state index in [2.05, 4.69) is 27.2 Å². The number of hydrogen-bond donors (Lipinski definition) is 3. The zero-order valence-electron chi connectivity index (χ0n) is 13.4. The zero-order valence-corrected chi connectivity index (χ0v) is 14.2. The first-order chi connectivity index (χ1) is 10.7. The molecule has 1 heterocycles. The van der Waals surface area contributed by atoms with Gasteiger partial charge in [-0.15, -0.1) is 0 Å². The summed E-state index contributed by atoms with van der Waals surface area (Å²) in [6.45, 7) is 4.50. The number of aliphatic imine (C=N–C) groups is 1. The largest absolute Gasteiger partial charge is 0.469 e. The van der Waals surface area contributed by atoms with E-state index in [0.29, 0.717) is 13.1 Å². The first-order valence-corrected chi connectivity index (χ1v) is 8.89. The lowest BCUT2D eigenvalue weighted by Gasteiger charge is -2.12. The molecule has 1 aromatic heterocycles. The number of guanidine groups is 1. The Kier molecular flexibility index (Phi) is 10.0. The second-order valence-corrected chi connectivity index (χ2v) is 5.73. The van der Waals surface area contributed by atoms with Gasteiger partial charge in [-0.05, 0) is 24.8 Å². The van der Waals surface area contributed by atoms with Crippen molar-refractivity contribution >= 4 is 23.6 Å². The van der Waals surface area contributed by atoms with Crippen molar-refractivity contribution in [1.29, 1.82) is 0 Å². The first-order valence-electron chi connectivity index (χ1n) is 7.50. The van der Waals surface area contributed by atoms with E-state index in [9.17, 15) is 4.79 Å². The second-order valence-electron chi connectivity index (χ2n) is 4.74. The third-order valence-electron chi connectivity index (χ3n) is 2.82. The van der Waals surface area contributed by atoms with Gasteiger partial charge >= 0.3 is 0 Å². The molecule has 0 aliphatic rings. The molecule has 22 heavy (non-hydrogen) atoms. The first kappa shape index (κ1) is 18.4. The van der Waals surface area contributed by atoms with E-state index in [-0.39, 0.29) is 5.91 Å². The molecule has 124 valence electrons. The fourth-order valence-corrected chi connectivity index (χ4v) is 2.05.